The lowest BCUT2D eigenvalue weighted by Gasteiger charge is -2.13. The number of methoxy groups -OCH3 is 4. The van der Waals surface area contributed by atoms with Crippen LogP contribution < -0.4 is 18.9 Å². The first-order valence-corrected chi connectivity index (χ1v) is 7.44. The Hall–Kier alpha value is -3.15. The summed E-state index contributed by atoms with van der Waals surface area (Å²) in [5.41, 5.74) is 1.07. The number of para-hydroxylation sites is 1. The molecule has 0 aromatic heterocycles. The normalized spacial score (nSPS) is 11.0. The van der Waals surface area contributed by atoms with Crippen molar-refractivity contribution in [2.24, 2.45) is 0 Å². The highest BCUT2D eigenvalue weighted by Crippen LogP contribution is 2.36. The van der Waals surface area contributed by atoms with Gasteiger partial charge in [0.2, 0.25) is 0 Å². The highest BCUT2D eigenvalue weighted by molar-refractivity contribution is 6.21. The van der Waals surface area contributed by atoms with E-state index in [1.807, 2.05) is 0 Å². The number of benzene rings is 2. The van der Waals surface area contributed by atoms with E-state index in [1.165, 1.54) is 34.5 Å². The number of carboxylic acids is 1. The lowest BCUT2D eigenvalue weighted by Crippen LogP contribution is -2.03. The predicted molar refractivity (Wildman–Crippen MR) is 94.6 cm³/mol. The zero-order chi connectivity index (χ0) is 18.4. The Kier molecular flexibility index (Phi) is 5.89. The summed E-state index contributed by atoms with van der Waals surface area (Å²) in [6.45, 7) is 0. The largest absolute Gasteiger partial charge is 0.497 e. The second-order valence-corrected chi connectivity index (χ2v) is 5.01. The molecule has 0 radical (unpaired) electrons. The summed E-state index contributed by atoms with van der Waals surface area (Å²) in [4.78, 5) is 11.9. The molecule has 1 N–H and O–H groups in total. The van der Waals surface area contributed by atoms with Crippen LogP contribution in [0.25, 0.3) is 11.6 Å². The van der Waals surface area contributed by atoms with Crippen LogP contribution in [0.15, 0.2) is 36.4 Å². The SMILES string of the molecule is COc1ccc(/C(=C/c2cccc(OC)c2OC)C(=O)O)c(OC)c1. The van der Waals surface area contributed by atoms with Gasteiger partial charge in [-0.25, -0.2) is 4.79 Å². The molecule has 0 spiro atoms. The fourth-order valence-electron chi connectivity index (χ4n) is 2.46. The van der Waals surface area contributed by atoms with E-state index in [2.05, 4.69) is 0 Å². The lowest BCUT2D eigenvalue weighted by molar-refractivity contribution is -0.130. The molecule has 25 heavy (non-hydrogen) atoms. The van der Waals surface area contributed by atoms with Crippen molar-refractivity contribution in [2.45, 2.75) is 0 Å². The van der Waals surface area contributed by atoms with Gasteiger partial charge in [-0.2, -0.15) is 0 Å². The van der Waals surface area contributed by atoms with Gasteiger partial charge in [0.25, 0.3) is 0 Å². The molecular formula is C19H20O6. The number of ether oxygens (including phenoxy) is 4. The molecule has 0 aliphatic heterocycles. The van der Waals surface area contributed by atoms with Crippen molar-refractivity contribution in [3.05, 3.63) is 47.5 Å². The van der Waals surface area contributed by atoms with Gasteiger partial charge in [0, 0.05) is 17.2 Å². The van der Waals surface area contributed by atoms with Gasteiger partial charge in [-0.05, 0) is 24.3 Å². The van der Waals surface area contributed by atoms with E-state index in [9.17, 15) is 9.90 Å². The zero-order valence-corrected chi connectivity index (χ0v) is 14.5. The van der Waals surface area contributed by atoms with Crippen molar-refractivity contribution >= 4 is 17.6 Å². The Morgan fingerprint density at radius 3 is 2.20 bits per heavy atom. The molecule has 0 fully saturated rings. The van der Waals surface area contributed by atoms with Crippen molar-refractivity contribution in [1.29, 1.82) is 0 Å². The van der Waals surface area contributed by atoms with Crippen LogP contribution in [0.3, 0.4) is 0 Å². The van der Waals surface area contributed by atoms with Crippen LogP contribution in [0.5, 0.6) is 23.0 Å². The lowest BCUT2D eigenvalue weighted by atomic mass is 10.0. The highest BCUT2D eigenvalue weighted by Gasteiger charge is 2.18. The summed E-state index contributed by atoms with van der Waals surface area (Å²) in [7, 11) is 6.03. The number of aliphatic carboxylic acids is 1. The number of rotatable bonds is 7. The minimum absolute atomic E-state index is 0.0612. The minimum atomic E-state index is -1.09. The van der Waals surface area contributed by atoms with E-state index in [-0.39, 0.29) is 5.57 Å². The second-order valence-electron chi connectivity index (χ2n) is 5.01. The van der Waals surface area contributed by atoms with Crippen LogP contribution in [0.4, 0.5) is 0 Å². The van der Waals surface area contributed by atoms with Crippen molar-refractivity contribution < 1.29 is 28.8 Å². The van der Waals surface area contributed by atoms with Gasteiger partial charge < -0.3 is 24.1 Å². The minimum Gasteiger partial charge on any atom is -0.497 e. The summed E-state index contributed by atoms with van der Waals surface area (Å²) in [6.07, 6.45) is 1.52. The van der Waals surface area contributed by atoms with Crippen LogP contribution >= 0.6 is 0 Å². The average molecular weight is 344 g/mol. The molecule has 0 saturated carbocycles. The second kappa shape index (κ2) is 8.10. The molecular weight excluding hydrogens is 324 g/mol. The third kappa shape index (κ3) is 3.85. The number of hydrogen-bond acceptors (Lipinski definition) is 5. The monoisotopic (exact) mass is 344 g/mol. The molecule has 132 valence electrons. The molecule has 0 unspecified atom stereocenters. The van der Waals surface area contributed by atoms with Crippen molar-refractivity contribution in [3.8, 4) is 23.0 Å². The van der Waals surface area contributed by atoms with E-state index in [4.69, 9.17) is 18.9 Å². The molecule has 0 bridgehead atoms. The highest BCUT2D eigenvalue weighted by atomic mass is 16.5. The third-order valence-electron chi connectivity index (χ3n) is 3.66. The van der Waals surface area contributed by atoms with Crippen molar-refractivity contribution in [1.82, 2.24) is 0 Å². The molecule has 0 saturated heterocycles. The Morgan fingerprint density at radius 2 is 1.64 bits per heavy atom. The van der Waals surface area contributed by atoms with Gasteiger partial charge in [-0.1, -0.05) is 12.1 Å². The third-order valence-corrected chi connectivity index (χ3v) is 3.66. The quantitative estimate of drug-likeness (QED) is 0.613. The Labute approximate surface area is 146 Å². The maximum Gasteiger partial charge on any atom is 0.336 e. The van der Waals surface area contributed by atoms with E-state index in [1.54, 1.807) is 36.4 Å². The van der Waals surface area contributed by atoms with Crippen molar-refractivity contribution in [2.75, 3.05) is 28.4 Å². The van der Waals surface area contributed by atoms with Crippen LogP contribution in [0.2, 0.25) is 0 Å². The van der Waals surface area contributed by atoms with E-state index in [0.717, 1.165) is 0 Å². The molecule has 2 rings (SSSR count). The standard InChI is InChI=1S/C19H20O6/c1-22-13-8-9-14(17(11-13)24-3)15(19(20)21)10-12-6-5-7-16(23-2)18(12)25-4/h5-11H,1-4H3,(H,20,21)/b15-10-. The number of carboxylic acid groups (broad SMARTS) is 1. The summed E-state index contributed by atoms with van der Waals surface area (Å²) in [6, 6.07) is 10.2. The van der Waals surface area contributed by atoms with Gasteiger partial charge >= 0.3 is 5.97 Å². The van der Waals surface area contributed by atoms with E-state index >= 15 is 0 Å². The molecule has 6 heteroatoms. The summed E-state index contributed by atoms with van der Waals surface area (Å²) >= 11 is 0. The van der Waals surface area contributed by atoms with Crippen LogP contribution in [-0.2, 0) is 4.79 Å². The Morgan fingerprint density at radius 1 is 0.920 bits per heavy atom. The fourth-order valence-corrected chi connectivity index (χ4v) is 2.46. The summed E-state index contributed by atoms with van der Waals surface area (Å²) in [5, 5.41) is 9.70. The van der Waals surface area contributed by atoms with Crippen LogP contribution in [0.1, 0.15) is 11.1 Å². The zero-order valence-electron chi connectivity index (χ0n) is 14.5. The average Bonchev–Trinajstić information content (AvgIpc) is 2.64. The van der Waals surface area contributed by atoms with Gasteiger partial charge in [-0.3, -0.25) is 0 Å². The maximum absolute atomic E-state index is 11.9. The Bertz CT molecular complexity index is 794. The summed E-state index contributed by atoms with van der Waals surface area (Å²) in [5.74, 6) is 0.853. The molecule has 2 aromatic carbocycles. The molecule has 0 amide bonds. The molecule has 0 heterocycles. The molecule has 6 nitrogen and oxygen atoms in total. The Balaban J connectivity index is 2.64. The molecule has 0 aliphatic carbocycles. The fraction of sp³-hybridized carbons (Fsp3) is 0.211. The number of hydrogen-bond donors (Lipinski definition) is 1. The van der Waals surface area contributed by atoms with Crippen LogP contribution in [0, 0.1) is 0 Å². The van der Waals surface area contributed by atoms with Crippen molar-refractivity contribution in [3.63, 3.8) is 0 Å². The van der Waals surface area contributed by atoms with Crippen LogP contribution in [-0.4, -0.2) is 39.5 Å². The maximum atomic E-state index is 11.9. The molecule has 0 aliphatic rings. The van der Waals surface area contributed by atoms with Gasteiger partial charge in [0.15, 0.2) is 11.5 Å². The first-order valence-electron chi connectivity index (χ1n) is 7.44. The number of carbonyl (C=O) groups is 1. The smallest absolute Gasteiger partial charge is 0.336 e. The summed E-state index contributed by atoms with van der Waals surface area (Å²) < 4.78 is 21.1. The van der Waals surface area contributed by atoms with Gasteiger partial charge in [0.05, 0.1) is 34.0 Å². The topological polar surface area (TPSA) is 74.2 Å². The van der Waals surface area contributed by atoms with Gasteiger partial charge in [0.1, 0.15) is 11.5 Å². The first kappa shape index (κ1) is 18.2. The van der Waals surface area contributed by atoms with Gasteiger partial charge in [-0.15, -0.1) is 0 Å². The first-order chi connectivity index (χ1) is 12.0. The van der Waals surface area contributed by atoms with E-state index in [0.29, 0.717) is 34.1 Å². The van der Waals surface area contributed by atoms with E-state index < -0.39 is 5.97 Å². The predicted octanol–water partition coefficient (Wildman–Crippen LogP) is 3.35. The molecule has 0 atom stereocenters. The molecule has 2 aromatic rings.